The molecule has 0 aromatic carbocycles. The van der Waals surface area contributed by atoms with Gasteiger partial charge in [-0.25, -0.2) is 0 Å². The zero-order valence-electron chi connectivity index (χ0n) is 7.42. The molecular formula is C8H17NO2. The van der Waals surface area contributed by atoms with Gasteiger partial charge in [0.1, 0.15) is 6.04 Å². The fourth-order valence-electron chi connectivity index (χ4n) is 0.610. The molecule has 0 fully saturated rings. The molecule has 0 heterocycles. The maximum atomic E-state index is 10.3. The molecule has 3 nitrogen and oxygen atoms in total. The quantitative estimate of drug-likeness (QED) is 0.631. The highest BCUT2D eigenvalue weighted by atomic mass is 16.4. The monoisotopic (exact) mass is 159 g/mol. The van der Waals surface area contributed by atoms with Crippen LogP contribution >= 0.6 is 0 Å². The van der Waals surface area contributed by atoms with Crippen LogP contribution in [0.5, 0.6) is 0 Å². The minimum Gasteiger partial charge on any atom is -0.480 e. The molecule has 0 radical (unpaired) electrons. The van der Waals surface area contributed by atoms with E-state index in [1.807, 2.05) is 0 Å². The topological polar surface area (TPSA) is 49.3 Å². The van der Waals surface area contributed by atoms with Gasteiger partial charge in [-0.2, -0.15) is 0 Å². The van der Waals surface area contributed by atoms with Crippen molar-refractivity contribution < 1.29 is 9.90 Å². The summed E-state index contributed by atoms with van der Waals surface area (Å²) in [5.41, 5.74) is 0. The summed E-state index contributed by atoms with van der Waals surface area (Å²) in [6.45, 7) is 6.63. The summed E-state index contributed by atoms with van der Waals surface area (Å²) in [5, 5.41) is 11.4. The third kappa shape index (κ3) is 4.79. The molecule has 2 unspecified atom stereocenters. The second-order valence-electron chi connectivity index (χ2n) is 2.98. The van der Waals surface area contributed by atoms with E-state index < -0.39 is 12.0 Å². The average molecular weight is 159 g/mol. The lowest BCUT2D eigenvalue weighted by Gasteiger charge is -2.12. The first-order valence-corrected chi connectivity index (χ1v) is 4.04. The zero-order valence-corrected chi connectivity index (χ0v) is 7.42. The number of aliphatic carboxylic acids is 1. The minimum atomic E-state index is -0.784. The molecule has 0 aliphatic rings. The van der Waals surface area contributed by atoms with Crippen LogP contribution in [0.15, 0.2) is 0 Å². The fourth-order valence-corrected chi connectivity index (χ4v) is 0.610. The number of carboxylic acids is 1. The standard InChI is InChI=1S/C8H17NO2/c1-4-6(2)5-9-7(3)8(10)11/h6-7,9H,4-5H2,1-3H3,(H,10,11). The van der Waals surface area contributed by atoms with Crippen LogP contribution in [-0.4, -0.2) is 23.7 Å². The number of hydrogen-bond donors (Lipinski definition) is 2. The van der Waals surface area contributed by atoms with Crippen LogP contribution in [0.4, 0.5) is 0 Å². The van der Waals surface area contributed by atoms with Crippen molar-refractivity contribution in [3.63, 3.8) is 0 Å². The van der Waals surface area contributed by atoms with E-state index >= 15 is 0 Å². The van der Waals surface area contributed by atoms with Gasteiger partial charge in [-0.3, -0.25) is 4.79 Å². The first-order chi connectivity index (χ1) is 5.07. The molecule has 0 aliphatic heterocycles. The van der Waals surface area contributed by atoms with E-state index in [0.29, 0.717) is 5.92 Å². The van der Waals surface area contributed by atoms with Crippen LogP contribution in [0.1, 0.15) is 27.2 Å². The molecular weight excluding hydrogens is 142 g/mol. The maximum Gasteiger partial charge on any atom is 0.320 e. The molecule has 0 saturated carbocycles. The third-order valence-electron chi connectivity index (χ3n) is 1.84. The van der Waals surface area contributed by atoms with E-state index in [2.05, 4.69) is 19.2 Å². The molecule has 0 rings (SSSR count). The van der Waals surface area contributed by atoms with Crippen molar-refractivity contribution in [2.24, 2.45) is 5.92 Å². The zero-order chi connectivity index (χ0) is 8.85. The third-order valence-corrected chi connectivity index (χ3v) is 1.84. The lowest BCUT2D eigenvalue weighted by molar-refractivity contribution is -0.139. The Morgan fingerprint density at radius 3 is 2.45 bits per heavy atom. The Morgan fingerprint density at radius 2 is 2.09 bits per heavy atom. The van der Waals surface area contributed by atoms with Gasteiger partial charge < -0.3 is 10.4 Å². The molecule has 2 N–H and O–H groups in total. The van der Waals surface area contributed by atoms with Gasteiger partial charge >= 0.3 is 5.97 Å². The first-order valence-electron chi connectivity index (χ1n) is 4.04. The lowest BCUT2D eigenvalue weighted by Crippen LogP contribution is -2.36. The van der Waals surface area contributed by atoms with E-state index in [1.54, 1.807) is 6.92 Å². The minimum absolute atomic E-state index is 0.427. The molecule has 0 aromatic rings. The van der Waals surface area contributed by atoms with Crippen LogP contribution in [0, 0.1) is 5.92 Å². The Balaban J connectivity index is 3.45. The Labute approximate surface area is 67.8 Å². The molecule has 0 spiro atoms. The molecule has 0 aliphatic carbocycles. The van der Waals surface area contributed by atoms with Crippen LogP contribution in [0.3, 0.4) is 0 Å². The number of carboxylic acid groups (broad SMARTS) is 1. The summed E-state index contributed by atoms with van der Waals surface area (Å²) < 4.78 is 0. The van der Waals surface area contributed by atoms with Gasteiger partial charge in [0.25, 0.3) is 0 Å². The van der Waals surface area contributed by atoms with Crippen molar-refractivity contribution in [1.29, 1.82) is 0 Å². The largest absolute Gasteiger partial charge is 0.480 e. The van der Waals surface area contributed by atoms with Gasteiger partial charge in [0.05, 0.1) is 0 Å². The smallest absolute Gasteiger partial charge is 0.320 e. The number of rotatable bonds is 5. The predicted octanol–water partition coefficient (Wildman–Crippen LogP) is 1.10. The predicted molar refractivity (Wildman–Crippen MR) is 44.6 cm³/mol. The van der Waals surface area contributed by atoms with Gasteiger partial charge in [0, 0.05) is 0 Å². The summed E-state index contributed by atoms with van der Waals surface area (Å²) in [5.74, 6) is -0.231. The molecule has 2 atom stereocenters. The van der Waals surface area contributed by atoms with Crippen LogP contribution in [-0.2, 0) is 4.79 Å². The summed E-state index contributed by atoms with van der Waals surface area (Å²) in [4.78, 5) is 10.3. The first kappa shape index (κ1) is 10.4. The van der Waals surface area contributed by atoms with Crippen LogP contribution in [0.2, 0.25) is 0 Å². The van der Waals surface area contributed by atoms with E-state index in [4.69, 9.17) is 5.11 Å². The van der Waals surface area contributed by atoms with Crippen molar-refractivity contribution in [2.75, 3.05) is 6.54 Å². The molecule has 0 aromatic heterocycles. The Morgan fingerprint density at radius 1 is 1.55 bits per heavy atom. The number of carbonyl (C=O) groups is 1. The highest BCUT2D eigenvalue weighted by Gasteiger charge is 2.09. The van der Waals surface area contributed by atoms with Crippen molar-refractivity contribution in [2.45, 2.75) is 33.2 Å². The van der Waals surface area contributed by atoms with Crippen molar-refractivity contribution in [1.82, 2.24) is 5.32 Å². The van der Waals surface area contributed by atoms with Crippen molar-refractivity contribution in [3.8, 4) is 0 Å². The Bertz CT molecular complexity index is 125. The molecule has 0 saturated heterocycles. The van der Waals surface area contributed by atoms with Crippen molar-refractivity contribution in [3.05, 3.63) is 0 Å². The SMILES string of the molecule is CCC(C)CNC(C)C(=O)O. The van der Waals surface area contributed by atoms with E-state index in [1.165, 1.54) is 0 Å². The molecule has 3 heteroatoms. The summed E-state index contributed by atoms with van der Waals surface area (Å²) in [7, 11) is 0. The maximum absolute atomic E-state index is 10.3. The van der Waals surface area contributed by atoms with E-state index in [0.717, 1.165) is 13.0 Å². The highest BCUT2D eigenvalue weighted by molar-refractivity contribution is 5.72. The summed E-state index contributed by atoms with van der Waals surface area (Å²) >= 11 is 0. The second kappa shape index (κ2) is 5.13. The molecule has 0 amide bonds. The van der Waals surface area contributed by atoms with Gasteiger partial charge in [0.15, 0.2) is 0 Å². The Hall–Kier alpha value is -0.570. The molecule has 11 heavy (non-hydrogen) atoms. The Kier molecular flexibility index (Phi) is 4.86. The highest BCUT2D eigenvalue weighted by Crippen LogP contribution is 1.97. The van der Waals surface area contributed by atoms with Gasteiger partial charge in [-0.15, -0.1) is 0 Å². The number of nitrogens with one attached hydrogen (secondary N) is 1. The summed E-state index contributed by atoms with van der Waals surface area (Å²) in [6, 6.07) is -0.427. The fraction of sp³-hybridized carbons (Fsp3) is 0.875. The van der Waals surface area contributed by atoms with Crippen LogP contribution in [0.25, 0.3) is 0 Å². The molecule has 0 bridgehead atoms. The van der Waals surface area contributed by atoms with E-state index in [-0.39, 0.29) is 0 Å². The second-order valence-corrected chi connectivity index (χ2v) is 2.98. The normalized spacial score (nSPS) is 15.9. The molecule has 66 valence electrons. The van der Waals surface area contributed by atoms with Crippen LogP contribution < -0.4 is 5.32 Å². The summed E-state index contributed by atoms with van der Waals surface area (Å²) in [6.07, 6.45) is 1.08. The van der Waals surface area contributed by atoms with Gasteiger partial charge in [0.2, 0.25) is 0 Å². The van der Waals surface area contributed by atoms with E-state index in [9.17, 15) is 4.79 Å². The van der Waals surface area contributed by atoms with Gasteiger partial charge in [-0.1, -0.05) is 20.3 Å². The lowest BCUT2D eigenvalue weighted by atomic mass is 10.1. The van der Waals surface area contributed by atoms with Crippen molar-refractivity contribution >= 4 is 5.97 Å². The number of hydrogen-bond acceptors (Lipinski definition) is 2. The average Bonchev–Trinajstić information content (AvgIpc) is 1.99. The van der Waals surface area contributed by atoms with Gasteiger partial charge in [-0.05, 0) is 19.4 Å².